The number of aliphatic carboxylic acids is 1. The Kier molecular flexibility index (Phi) is 3.85. The quantitative estimate of drug-likeness (QED) is 0.796. The number of hydrogen-bond acceptors (Lipinski definition) is 3. The van der Waals surface area contributed by atoms with Crippen molar-refractivity contribution in [2.75, 3.05) is 0 Å². The minimum Gasteiger partial charge on any atom is -0.481 e. The third-order valence-corrected chi connectivity index (χ3v) is 4.24. The van der Waals surface area contributed by atoms with E-state index in [9.17, 15) is 13.6 Å². The highest BCUT2D eigenvalue weighted by molar-refractivity contribution is 7.18. The van der Waals surface area contributed by atoms with Gasteiger partial charge in [0, 0.05) is 18.6 Å². The van der Waals surface area contributed by atoms with Crippen molar-refractivity contribution in [1.82, 2.24) is 4.98 Å². The van der Waals surface area contributed by atoms with Gasteiger partial charge in [-0.1, -0.05) is 24.3 Å². The van der Waals surface area contributed by atoms with Crippen LogP contribution in [0.3, 0.4) is 0 Å². The van der Waals surface area contributed by atoms with Crippen molar-refractivity contribution in [1.29, 1.82) is 0 Å². The molecule has 0 aliphatic carbocycles. The summed E-state index contributed by atoms with van der Waals surface area (Å²) in [6.07, 6.45) is 0.404. The third kappa shape index (κ3) is 3.12. The molecule has 3 nitrogen and oxygen atoms in total. The van der Waals surface area contributed by atoms with Gasteiger partial charge in [-0.3, -0.25) is 4.79 Å². The highest BCUT2D eigenvalue weighted by Gasteiger charge is 2.11. The molecule has 0 atom stereocenters. The molecule has 0 radical (unpaired) electrons. The van der Waals surface area contributed by atoms with E-state index in [-0.39, 0.29) is 6.42 Å². The first-order valence-corrected chi connectivity index (χ1v) is 7.37. The summed E-state index contributed by atoms with van der Waals surface area (Å²) in [5.74, 6) is -2.15. The zero-order chi connectivity index (χ0) is 15.7. The van der Waals surface area contributed by atoms with Crippen LogP contribution in [0.5, 0.6) is 0 Å². The Hall–Kier alpha value is -2.34. The molecule has 0 aliphatic heterocycles. The van der Waals surface area contributed by atoms with Crippen LogP contribution in [-0.4, -0.2) is 16.1 Å². The molecule has 3 rings (SSSR count). The highest BCUT2D eigenvalue weighted by atomic mass is 32.1. The fraction of sp³-hybridized carbons (Fsp3) is 0.125. The number of halogens is 2. The van der Waals surface area contributed by atoms with Crippen LogP contribution in [-0.2, 0) is 17.6 Å². The molecular formula is C16H11F2NO2S. The van der Waals surface area contributed by atoms with Gasteiger partial charge in [0.05, 0.1) is 21.6 Å². The topological polar surface area (TPSA) is 50.2 Å². The lowest BCUT2D eigenvalue weighted by Crippen LogP contribution is -2.00. The highest BCUT2D eigenvalue weighted by Crippen LogP contribution is 2.27. The lowest BCUT2D eigenvalue weighted by Gasteiger charge is -2.01. The summed E-state index contributed by atoms with van der Waals surface area (Å²) in [5.41, 5.74) is 1.89. The lowest BCUT2D eigenvalue weighted by atomic mass is 10.1. The van der Waals surface area contributed by atoms with Crippen molar-refractivity contribution in [2.24, 2.45) is 0 Å². The smallest absolute Gasteiger partial charge is 0.307 e. The van der Waals surface area contributed by atoms with E-state index in [0.29, 0.717) is 27.2 Å². The fourth-order valence-electron chi connectivity index (χ4n) is 2.28. The number of carbonyl (C=O) groups is 1. The maximum Gasteiger partial charge on any atom is 0.307 e. The van der Waals surface area contributed by atoms with Gasteiger partial charge in [-0.2, -0.15) is 0 Å². The zero-order valence-electron chi connectivity index (χ0n) is 11.3. The summed E-state index contributed by atoms with van der Waals surface area (Å²) in [6, 6.07) is 9.22. The van der Waals surface area contributed by atoms with Gasteiger partial charge in [0.1, 0.15) is 11.6 Å². The molecule has 2 aromatic carbocycles. The zero-order valence-corrected chi connectivity index (χ0v) is 12.2. The summed E-state index contributed by atoms with van der Waals surface area (Å²) in [7, 11) is 0. The van der Waals surface area contributed by atoms with Crippen LogP contribution in [0.1, 0.15) is 16.1 Å². The fourth-order valence-corrected chi connectivity index (χ4v) is 3.26. The summed E-state index contributed by atoms with van der Waals surface area (Å²) < 4.78 is 27.2. The maximum atomic E-state index is 13.7. The van der Waals surface area contributed by atoms with Crippen LogP contribution in [0.4, 0.5) is 8.78 Å². The molecule has 6 heteroatoms. The van der Waals surface area contributed by atoms with E-state index in [4.69, 9.17) is 5.11 Å². The SMILES string of the molecule is O=C(O)Cc1cccc(Cc2nc3cc(F)cc(F)c3s2)c1. The molecule has 1 aromatic heterocycles. The van der Waals surface area contributed by atoms with E-state index < -0.39 is 17.6 Å². The van der Waals surface area contributed by atoms with Crippen LogP contribution < -0.4 is 0 Å². The Morgan fingerprint density at radius 1 is 1.18 bits per heavy atom. The molecule has 1 N–H and O–H groups in total. The molecule has 0 unspecified atom stereocenters. The Morgan fingerprint density at radius 3 is 2.73 bits per heavy atom. The van der Waals surface area contributed by atoms with Gasteiger partial charge in [-0.25, -0.2) is 13.8 Å². The molecule has 0 fully saturated rings. The number of hydrogen-bond donors (Lipinski definition) is 1. The minimum atomic E-state index is -0.894. The number of fused-ring (bicyclic) bond motifs is 1. The molecule has 0 amide bonds. The first-order valence-electron chi connectivity index (χ1n) is 6.55. The third-order valence-electron chi connectivity index (χ3n) is 3.16. The monoisotopic (exact) mass is 319 g/mol. The number of aromatic nitrogens is 1. The van der Waals surface area contributed by atoms with E-state index in [0.717, 1.165) is 11.6 Å². The van der Waals surface area contributed by atoms with Crippen molar-refractivity contribution in [3.8, 4) is 0 Å². The van der Waals surface area contributed by atoms with Gasteiger partial charge < -0.3 is 5.11 Å². The van der Waals surface area contributed by atoms with Gasteiger partial charge in [-0.15, -0.1) is 11.3 Å². The van der Waals surface area contributed by atoms with Crippen LogP contribution in [0.2, 0.25) is 0 Å². The van der Waals surface area contributed by atoms with E-state index >= 15 is 0 Å². The number of thiazole rings is 1. The summed E-state index contributed by atoms with van der Waals surface area (Å²) in [5, 5.41) is 9.47. The molecule has 22 heavy (non-hydrogen) atoms. The molecule has 3 aromatic rings. The Labute approximate surface area is 128 Å². The van der Waals surface area contributed by atoms with Gasteiger partial charge in [0.2, 0.25) is 0 Å². The summed E-state index contributed by atoms with van der Waals surface area (Å²) in [4.78, 5) is 15.0. The second-order valence-corrected chi connectivity index (χ2v) is 5.99. The van der Waals surface area contributed by atoms with Crippen molar-refractivity contribution in [3.05, 3.63) is 64.2 Å². The second kappa shape index (κ2) is 5.81. The van der Waals surface area contributed by atoms with E-state index in [2.05, 4.69) is 4.98 Å². The Morgan fingerprint density at radius 2 is 1.95 bits per heavy atom. The molecule has 0 saturated carbocycles. The molecule has 0 aliphatic rings. The maximum absolute atomic E-state index is 13.7. The summed E-state index contributed by atoms with van der Waals surface area (Å²) in [6.45, 7) is 0. The number of benzene rings is 2. The van der Waals surface area contributed by atoms with Crippen molar-refractivity contribution < 1.29 is 18.7 Å². The van der Waals surface area contributed by atoms with Crippen molar-refractivity contribution in [2.45, 2.75) is 12.8 Å². The van der Waals surface area contributed by atoms with Crippen molar-refractivity contribution in [3.63, 3.8) is 0 Å². The van der Waals surface area contributed by atoms with Crippen LogP contribution in [0.25, 0.3) is 10.2 Å². The predicted molar refractivity (Wildman–Crippen MR) is 80.1 cm³/mol. The minimum absolute atomic E-state index is 0.0481. The van der Waals surface area contributed by atoms with Gasteiger partial charge in [0.25, 0.3) is 0 Å². The average Bonchev–Trinajstić information content (AvgIpc) is 2.81. The molecule has 1 heterocycles. The predicted octanol–water partition coefficient (Wildman–Crippen LogP) is 3.79. The first-order chi connectivity index (χ1) is 10.5. The van der Waals surface area contributed by atoms with Gasteiger partial charge >= 0.3 is 5.97 Å². The van der Waals surface area contributed by atoms with Crippen molar-refractivity contribution >= 4 is 27.5 Å². The molecule has 0 saturated heterocycles. The average molecular weight is 319 g/mol. The molecular weight excluding hydrogens is 308 g/mol. The standard InChI is InChI=1S/C16H11F2NO2S/c17-11-7-12(18)16-13(8-11)19-14(22-16)5-9-2-1-3-10(4-9)6-15(20)21/h1-4,7-8H,5-6H2,(H,20,21). The van der Waals surface area contributed by atoms with Crippen LogP contribution >= 0.6 is 11.3 Å². The van der Waals surface area contributed by atoms with Crippen LogP contribution in [0, 0.1) is 11.6 Å². The van der Waals surface area contributed by atoms with E-state index in [1.807, 2.05) is 6.07 Å². The van der Waals surface area contributed by atoms with E-state index in [1.54, 1.807) is 18.2 Å². The van der Waals surface area contributed by atoms with E-state index in [1.165, 1.54) is 17.4 Å². The molecule has 112 valence electrons. The molecule has 0 spiro atoms. The Balaban J connectivity index is 1.90. The summed E-state index contributed by atoms with van der Waals surface area (Å²) >= 11 is 1.18. The number of nitrogens with zero attached hydrogens (tertiary/aromatic N) is 1. The number of carboxylic acid groups (broad SMARTS) is 1. The number of carboxylic acids is 1. The van der Waals surface area contributed by atoms with Gasteiger partial charge in [-0.05, 0) is 11.1 Å². The number of rotatable bonds is 4. The Bertz CT molecular complexity index is 860. The van der Waals surface area contributed by atoms with Crippen LogP contribution in [0.15, 0.2) is 36.4 Å². The lowest BCUT2D eigenvalue weighted by molar-refractivity contribution is -0.136. The molecule has 0 bridgehead atoms. The first kappa shape index (κ1) is 14.6. The largest absolute Gasteiger partial charge is 0.481 e. The normalized spacial score (nSPS) is 11.0. The second-order valence-electron chi connectivity index (χ2n) is 4.91. The van der Waals surface area contributed by atoms with Gasteiger partial charge in [0.15, 0.2) is 0 Å².